The van der Waals surface area contributed by atoms with E-state index in [1.807, 2.05) is 71.0 Å². The van der Waals surface area contributed by atoms with Crippen molar-refractivity contribution >= 4 is 29.5 Å². The van der Waals surface area contributed by atoms with Crippen LogP contribution >= 0.6 is 0 Å². The van der Waals surface area contributed by atoms with Gasteiger partial charge in [-0.05, 0) is 82.7 Å². The van der Waals surface area contributed by atoms with Crippen LogP contribution < -0.4 is 16.4 Å². The van der Waals surface area contributed by atoms with Gasteiger partial charge in [0, 0.05) is 12.2 Å². The summed E-state index contributed by atoms with van der Waals surface area (Å²) in [4.78, 5) is 54.1. The normalized spacial score (nSPS) is 12.7. The zero-order valence-corrected chi connectivity index (χ0v) is 24.3. The average Bonchev–Trinajstić information content (AvgIpc) is 2.80. The molecule has 212 valence electrons. The van der Waals surface area contributed by atoms with E-state index in [1.54, 1.807) is 20.8 Å². The number of ether oxygens (including phenoxy) is 1. The summed E-state index contributed by atoms with van der Waals surface area (Å²) in [6.07, 6.45) is -0.780. The van der Waals surface area contributed by atoms with Gasteiger partial charge in [-0.3, -0.25) is 14.4 Å². The van der Waals surface area contributed by atoms with Crippen LogP contribution in [0.3, 0.4) is 0 Å². The molecule has 9 nitrogen and oxygen atoms in total. The van der Waals surface area contributed by atoms with Crippen molar-refractivity contribution in [1.29, 1.82) is 0 Å². The number of amides is 4. The van der Waals surface area contributed by atoms with E-state index < -0.39 is 47.9 Å². The van der Waals surface area contributed by atoms with Crippen LogP contribution in [0.2, 0.25) is 0 Å². The molecule has 0 saturated carbocycles. The first kappa shape index (κ1) is 31.3. The fourth-order valence-corrected chi connectivity index (χ4v) is 4.55. The van der Waals surface area contributed by atoms with Crippen molar-refractivity contribution in [2.45, 2.75) is 85.9 Å². The molecule has 0 aliphatic heterocycles. The van der Waals surface area contributed by atoms with Crippen molar-refractivity contribution in [1.82, 2.24) is 10.2 Å². The minimum Gasteiger partial charge on any atom is -0.444 e. The maximum Gasteiger partial charge on any atom is 0.408 e. The lowest BCUT2D eigenvalue weighted by Crippen LogP contribution is -2.53. The summed E-state index contributed by atoms with van der Waals surface area (Å²) in [5.41, 5.74) is 9.42. The smallest absolute Gasteiger partial charge is 0.408 e. The van der Waals surface area contributed by atoms with Gasteiger partial charge in [-0.1, -0.05) is 43.3 Å². The largest absolute Gasteiger partial charge is 0.444 e. The molecule has 4 N–H and O–H groups in total. The van der Waals surface area contributed by atoms with E-state index in [1.165, 1.54) is 4.90 Å². The highest BCUT2D eigenvalue weighted by atomic mass is 16.6. The Hall–Kier alpha value is -3.88. The van der Waals surface area contributed by atoms with E-state index in [0.29, 0.717) is 17.7 Å². The van der Waals surface area contributed by atoms with E-state index in [4.69, 9.17) is 10.5 Å². The van der Waals surface area contributed by atoms with Gasteiger partial charge >= 0.3 is 6.09 Å². The SMILES string of the molecule is CCCN(C(=O)C(CC(N)=O)NC(=O)OC(C)(C)C)C(C(=O)Nc1c(C)cccc1C)c1c(C)cccc1C. The van der Waals surface area contributed by atoms with E-state index >= 15 is 0 Å². The maximum absolute atomic E-state index is 14.1. The van der Waals surface area contributed by atoms with E-state index in [2.05, 4.69) is 10.6 Å². The second-order valence-corrected chi connectivity index (χ2v) is 10.9. The van der Waals surface area contributed by atoms with Gasteiger partial charge in [-0.15, -0.1) is 0 Å². The molecule has 0 radical (unpaired) electrons. The van der Waals surface area contributed by atoms with Crippen molar-refractivity contribution in [3.05, 3.63) is 64.2 Å². The van der Waals surface area contributed by atoms with Crippen molar-refractivity contribution in [2.75, 3.05) is 11.9 Å². The van der Waals surface area contributed by atoms with Crippen LogP contribution in [0.15, 0.2) is 36.4 Å². The number of nitrogens with zero attached hydrogens (tertiary/aromatic N) is 1. The highest BCUT2D eigenvalue weighted by Crippen LogP contribution is 2.31. The van der Waals surface area contributed by atoms with Crippen molar-refractivity contribution in [3.63, 3.8) is 0 Å². The van der Waals surface area contributed by atoms with Crippen molar-refractivity contribution in [3.8, 4) is 0 Å². The van der Waals surface area contributed by atoms with Crippen LogP contribution in [0, 0.1) is 27.7 Å². The van der Waals surface area contributed by atoms with Gasteiger partial charge in [-0.25, -0.2) is 4.79 Å². The fraction of sp³-hybridized carbons (Fsp3) is 0.467. The quantitative estimate of drug-likeness (QED) is 0.407. The molecule has 0 fully saturated rings. The third-order valence-corrected chi connectivity index (χ3v) is 6.25. The highest BCUT2D eigenvalue weighted by Gasteiger charge is 2.38. The molecule has 0 bridgehead atoms. The molecule has 0 heterocycles. The maximum atomic E-state index is 14.1. The van der Waals surface area contributed by atoms with Gasteiger partial charge in [-0.2, -0.15) is 0 Å². The molecule has 0 aliphatic carbocycles. The third-order valence-electron chi connectivity index (χ3n) is 6.25. The minimum atomic E-state index is -1.32. The summed E-state index contributed by atoms with van der Waals surface area (Å²) in [5.74, 6) is -1.78. The number of alkyl carbamates (subject to hydrolysis) is 1. The van der Waals surface area contributed by atoms with Crippen molar-refractivity contribution in [2.24, 2.45) is 5.73 Å². The predicted molar refractivity (Wildman–Crippen MR) is 152 cm³/mol. The number of hydrogen-bond acceptors (Lipinski definition) is 5. The molecular formula is C30H42N4O5. The van der Waals surface area contributed by atoms with Gasteiger partial charge in [0.05, 0.1) is 6.42 Å². The molecule has 4 amide bonds. The number of hydrogen-bond donors (Lipinski definition) is 3. The summed E-state index contributed by atoms with van der Waals surface area (Å²) in [7, 11) is 0. The molecule has 2 unspecified atom stereocenters. The molecule has 2 aromatic carbocycles. The van der Waals surface area contributed by atoms with E-state index in [-0.39, 0.29) is 6.54 Å². The first-order valence-electron chi connectivity index (χ1n) is 13.2. The Kier molecular flexibility index (Phi) is 10.7. The second kappa shape index (κ2) is 13.3. The van der Waals surface area contributed by atoms with Crippen LogP contribution in [-0.4, -0.2) is 46.9 Å². The molecule has 9 heteroatoms. The van der Waals surface area contributed by atoms with Crippen molar-refractivity contribution < 1.29 is 23.9 Å². The van der Waals surface area contributed by atoms with Gasteiger partial charge in [0.2, 0.25) is 11.8 Å². The lowest BCUT2D eigenvalue weighted by atomic mass is 9.93. The summed E-state index contributed by atoms with van der Waals surface area (Å²) in [5, 5.41) is 5.54. The summed E-state index contributed by atoms with van der Waals surface area (Å²) >= 11 is 0. The molecule has 0 saturated heterocycles. The number of nitrogens with one attached hydrogen (secondary N) is 2. The minimum absolute atomic E-state index is 0.197. The zero-order valence-electron chi connectivity index (χ0n) is 24.3. The Bertz CT molecular complexity index is 1180. The molecule has 0 aliphatic rings. The number of aryl methyl sites for hydroxylation is 4. The summed E-state index contributed by atoms with van der Waals surface area (Å²) in [6, 6.07) is 9.02. The average molecular weight is 539 g/mol. The van der Waals surface area contributed by atoms with Crippen LogP contribution in [-0.2, 0) is 19.1 Å². The molecule has 2 aromatic rings. The second-order valence-electron chi connectivity index (χ2n) is 10.9. The Morgan fingerprint density at radius 1 is 0.923 bits per heavy atom. The number of carbonyl (C=O) groups is 4. The van der Waals surface area contributed by atoms with E-state index in [9.17, 15) is 19.2 Å². The molecule has 2 rings (SSSR count). The van der Waals surface area contributed by atoms with Crippen LogP contribution in [0.4, 0.5) is 10.5 Å². The van der Waals surface area contributed by atoms with Gasteiger partial charge in [0.1, 0.15) is 17.7 Å². The zero-order chi connectivity index (χ0) is 29.5. The molecule has 0 spiro atoms. The first-order valence-corrected chi connectivity index (χ1v) is 13.2. The molecular weight excluding hydrogens is 496 g/mol. The Labute approximate surface area is 231 Å². The van der Waals surface area contributed by atoms with Crippen LogP contribution in [0.25, 0.3) is 0 Å². The summed E-state index contributed by atoms with van der Waals surface area (Å²) < 4.78 is 5.32. The van der Waals surface area contributed by atoms with Crippen LogP contribution in [0.5, 0.6) is 0 Å². The number of primary amides is 1. The Balaban J connectivity index is 2.62. The first-order chi connectivity index (χ1) is 18.2. The van der Waals surface area contributed by atoms with Gasteiger partial charge < -0.3 is 26.0 Å². The standard InChI is InChI=1S/C30H42N4O5/c1-9-16-34(28(37)22(17-23(31)35)32-29(38)39-30(6,7)8)26(24-18(2)12-10-13-19(24)3)27(36)33-25-20(4)14-11-15-21(25)5/h10-15,22,26H,9,16-17H2,1-8H3,(H2,31,35)(H,32,38)(H,33,36). The number of nitrogens with two attached hydrogens (primary N) is 1. The lowest BCUT2D eigenvalue weighted by molar-refractivity contribution is -0.141. The van der Waals surface area contributed by atoms with E-state index in [0.717, 1.165) is 22.3 Å². The molecule has 39 heavy (non-hydrogen) atoms. The number of anilines is 1. The lowest BCUT2D eigenvalue weighted by Gasteiger charge is -2.35. The molecule has 0 aromatic heterocycles. The fourth-order valence-electron chi connectivity index (χ4n) is 4.55. The Morgan fingerprint density at radius 3 is 1.90 bits per heavy atom. The number of rotatable bonds is 10. The topological polar surface area (TPSA) is 131 Å². The third kappa shape index (κ3) is 8.56. The summed E-state index contributed by atoms with van der Waals surface area (Å²) in [6.45, 7) is 14.7. The molecule has 2 atom stereocenters. The van der Waals surface area contributed by atoms with Gasteiger partial charge in [0.25, 0.3) is 5.91 Å². The van der Waals surface area contributed by atoms with Crippen LogP contribution in [0.1, 0.15) is 74.4 Å². The predicted octanol–water partition coefficient (Wildman–Crippen LogP) is 4.61. The Morgan fingerprint density at radius 2 is 1.44 bits per heavy atom. The number of carbonyl (C=O) groups excluding carboxylic acids is 4. The highest BCUT2D eigenvalue weighted by molar-refractivity contribution is 6.00. The number of para-hydroxylation sites is 1. The monoisotopic (exact) mass is 538 g/mol. The number of benzene rings is 2. The van der Waals surface area contributed by atoms with Gasteiger partial charge in [0.15, 0.2) is 0 Å².